The van der Waals surface area contributed by atoms with Crippen molar-refractivity contribution in [3.63, 3.8) is 0 Å². The Hall–Kier alpha value is -2.07. The lowest BCUT2D eigenvalue weighted by Crippen LogP contribution is -2.17. The number of carboxylic acid groups (broad SMARTS) is 1. The van der Waals surface area contributed by atoms with Crippen molar-refractivity contribution < 1.29 is 19.5 Å². The van der Waals surface area contributed by atoms with Crippen LogP contribution in [-0.4, -0.2) is 45.7 Å². The van der Waals surface area contributed by atoms with Gasteiger partial charge < -0.3 is 21.0 Å². The number of nitrogens with one attached hydrogen (secondary N) is 1. The number of aromatic nitrogens is 2. The summed E-state index contributed by atoms with van der Waals surface area (Å²) in [5.74, 6) is -1.44. The first-order valence-corrected chi connectivity index (χ1v) is 5.64. The van der Waals surface area contributed by atoms with Gasteiger partial charge in [0.1, 0.15) is 6.61 Å². The molecule has 0 fully saturated rings. The fourth-order valence-corrected chi connectivity index (χ4v) is 1.39. The Morgan fingerprint density at radius 3 is 3.06 bits per heavy atom. The van der Waals surface area contributed by atoms with Gasteiger partial charge in [0, 0.05) is 11.5 Å². The molecule has 0 aliphatic heterocycles. The molecule has 4 N–H and O–H groups in total. The quantitative estimate of drug-likeness (QED) is 0.245. The van der Waals surface area contributed by atoms with Gasteiger partial charge in [0.2, 0.25) is 23.1 Å². The van der Waals surface area contributed by atoms with Gasteiger partial charge in [0.25, 0.3) is 0 Å². The summed E-state index contributed by atoms with van der Waals surface area (Å²) in [4.78, 5) is 29.7. The van der Waals surface area contributed by atoms with Crippen molar-refractivity contribution in [2.24, 2.45) is 10.9 Å². The highest BCUT2D eigenvalue weighted by Crippen LogP contribution is 2.10. The van der Waals surface area contributed by atoms with E-state index in [9.17, 15) is 9.59 Å². The fraction of sp³-hybridized carbons (Fsp3) is 0.375. The number of amides is 1. The number of oxime groups is 1. The summed E-state index contributed by atoms with van der Waals surface area (Å²) in [6.07, 6.45) is 0.971. The zero-order chi connectivity index (χ0) is 13.4. The Kier molecular flexibility index (Phi) is 5.67. The number of carboxylic acids is 1. The van der Waals surface area contributed by atoms with Crippen molar-refractivity contribution in [1.29, 1.82) is 0 Å². The van der Waals surface area contributed by atoms with Gasteiger partial charge in [0.05, 0.1) is 0 Å². The molecule has 18 heavy (non-hydrogen) atoms. The molecule has 0 spiro atoms. The number of aliphatic carboxylic acids is 1. The smallest absolute Gasteiger partial charge is 0.362 e. The van der Waals surface area contributed by atoms with E-state index in [1.807, 2.05) is 0 Å². The number of anilines is 1. The Bertz CT molecular complexity index is 446. The third-order valence-electron chi connectivity index (χ3n) is 1.62. The van der Waals surface area contributed by atoms with Crippen molar-refractivity contribution in [2.45, 2.75) is 6.42 Å². The summed E-state index contributed by atoms with van der Waals surface area (Å²) in [5.41, 5.74) is 4.82. The van der Waals surface area contributed by atoms with Gasteiger partial charge in [-0.2, -0.15) is 9.36 Å². The monoisotopic (exact) mass is 273 g/mol. The van der Waals surface area contributed by atoms with Gasteiger partial charge in [-0.25, -0.2) is 4.79 Å². The van der Waals surface area contributed by atoms with Crippen LogP contribution >= 0.6 is 11.5 Å². The average Bonchev–Trinajstić information content (AvgIpc) is 2.77. The molecular formula is C8H11N5O4S. The standard InChI is InChI=1S/C8H11N5O4S/c9-2-1-3-17-12-5(7(15)16)6-11-8(10-4-14)18-13-6/h4H,1-3,9H2,(H,15,16)(H,10,11,13,14)/b12-5+. The predicted molar refractivity (Wildman–Crippen MR) is 63.4 cm³/mol. The van der Waals surface area contributed by atoms with E-state index in [-0.39, 0.29) is 17.6 Å². The second-order valence-corrected chi connectivity index (χ2v) is 3.66. The second kappa shape index (κ2) is 7.29. The van der Waals surface area contributed by atoms with Crippen LogP contribution in [0.1, 0.15) is 12.2 Å². The van der Waals surface area contributed by atoms with Crippen molar-refractivity contribution in [2.75, 3.05) is 18.5 Å². The molecular weight excluding hydrogens is 262 g/mol. The van der Waals surface area contributed by atoms with Gasteiger partial charge in [-0.3, -0.25) is 4.79 Å². The minimum atomic E-state index is -1.32. The maximum atomic E-state index is 10.9. The lowest BCUT2D eigenvalue weighted by Gasteiger charge is -1.98. The molecule has 0 aliphatic rings. The third kappa shape index (κ3) is 4.07. The molecule has 0 radical (unpaired) electrons. The predicted octanol–water partition coefficient (Wildman–Crippen LogP) is -0.740. The molecule has 0 saturated carbocycles. The molecule has 98 valence electrons. The van der Waals surface area contributed by atoms with Crippen LogP contribution < -0.4 is 11.1 Å². The van der Waals surface area contributed by atoms with E-state index in [2.05, 4.69) is 19.8 Å². The Labute approximate surface area is 106 Å². The van der Waals surface area contributed by atoms with Crippen molar-refractivity contribution >= 4 is 34.8 Å². The van der Waals surface area contributed by atoms with Gasteiger partial charge in [-0.15, -0.1) is 0 Å². The van der Waals surface area contributed by atoms with E-state index in [0.717, 1.165) is 11.5 Å². The molecule has 0 saturated heterocycles. The zero-order valence-electron chi connectivity index (χ0n) is 9.20. The lowest BCUT2D eigenvalue weighted by atomic mass is 10.4. The van der Waals surface area contributed by atoms with Crippen LogP contribution in [-0.2, 0) is 14.4 Å². The SMILES string of the molecule is NCCCO/N=C(/C(=O)O)c1nsc(NC=O)n1. The van der Waals surface area contributed by atoms with Gasteiger partial charge in [0.15, 0.2) is 0 Å². The van der Waals surface area contributed by atoms with E-state index < -0.39 is 11.7 Å². The van der Waals surface area contributed by atoms with Gasteiger partial charge >= 0.3 is 5.97 Å². The number of hydrogen-bond acceptors (Lipinski definition) is 8. The molecule has 0 unspecified atom stereocenters. The molecule has 0 aromatic carbocycles. The highest BCUT2D eigenvalue weighted by Gasteiger charge is 2.19. The molecule has 1 amide bonds. The Morgan fingerprint density at radius 2 is 2.44 bits per heavy atom. The molecule has 0 aliphatic carbocycles. The van der Waals surface area contributed by atoms with Crippen molar-refractivity contribution in [3.8, 4) is 0 Å². The number of hydrogen-bond donors (Lipinski definition) is 3. The molecule has 1 aromatic heterocycles. The largest absolute Gasteiger partial charge is 0.476 e. The maximum absolute atomic E-state index is 10.9. The summed E-state index contributed by atoms with van der Waals surface area (Å²) in [6, 6.07) is 0. The molecule has 1 aromatic rings. The fourth-order valence-electron chi connectivity index (χ4n) is 0.862. The summed E-state index contributed by atoms with van der Waals surface area (Å²) in [7, 11) is 0. The number of nitrogens with zero attached hydrogens (tertiary/aromatic N) is 3. The van der Waals surface area contributed by atoms with Crippen LogP contribution in [0.4, 0.5) is 5.13 Å². The highest BCUT2D eigenvalue weighted by atomic mass is 32.1. The molecule has 1 heterocycles. The zero-order valence-corrected chi connectivity index (χ0v) is 10.0. The molecule has 10 heteroatoms. The van der Waals surface area contributed by atoms with Crippen LogP contribution in [0.25, 0.3) is 0 Å². The van der Waals surface area contributed by atoms with Crippen LogP contribution in [0.2, 0.25) is 0 Å². The minimum Gasteiger partial charge on any atom is -0.476 e. The van der Waals surface area contributed by atoms with Crippen molar-refractivity contribution in [1.82, 2.24) is 9.36 Å². The third-order valence-corrected chi connectivity index (χ3v) is 2.26. The van der Waals surface area contributed by atoms with E-state index in [4.69, 9.17) is 15.7 Å². The van der Waals surface area contributed by atoms with Crippen LogP contribution in [0, 0.1) is 0 Å². The molecule has 0 atom stereocenters. The van der Waals surface area contributed by atoms with E-state index in [1.165, 1.54) is 0 Å². The number of carbonyl (C=O) groups is 2. The summed E-state index contributed by atoms with van der Waals surface area (Å²) < 4.78 is 3.75. The van der Waals surface area contributed by atoms with Crippen LogP contribution in [0.5, 0.6) is 0 Å². The topological polar surface area (TPSA) is 140 Å². The van der Waals surface area contributed by atoms with Crippen LogP contribution in [0.15, 0.2) is 5.16 Å². The summed E-state index contributed by atoms with van der Waals surface area (Å²) in [6.45, 7) is 0.622. The Morgan fingerprint density at radius 1 is 1.67 bits per heavy atom. The number of nitrogens with two attached hydrogens (primary N) is 1. The first-order chi connectivity index (χ1) is 8.69. The molecule has 9 nitrogen and oxygen atoms in total. The van der Waals surface area contributed by atoms with E-state index in [0.29, 0.717) is 19.4 Å². The van der Waals surface area contributed by atoms with E-state index >= 15 is 0 Å². The van der Waals surface area contributed by atoms with Gasteiger partial charge in [-0.05, 0) is 13.0 Å². The number of rotatable bonds is 8. The minimum absolute atomic E-state index is 0.121. The lowest BCUT2D eigenvalue weighted by molar-refractivity contribution is -0.129. The molecule has 1 rings (SSSR count). The first kappa shape index (κ1) is 14.0. The van der Waals surface area contributed by atoms with Crippen molar-refractivity contribution in [3.05, 3.63) is 5.82 Å². The first-order valence-electron chi connectivity index (χ1n) is 4.86. The normalized spacial score (nSPS) is 11.1. The highest BCUT2D eigenvalue weighted by molar-refractivity contribution is 7.10. The molecule has 0 bridgehead atoms. The van der Waals surface area contributed by atoms with Crippen LogP contribution in [0.3, 0.4) is 0 Å². The number of carbonyl (C=O) groups excluding carboxylic acids is 1. The summed E-state index contributed by atoms with van der Waals surface area (Å²) in [5, 5.41) is 14.8. The Balaban J connectivity index is 2.76. The van der Waals surface area contributed by atoms with Gasteiger partial charge in [-0.1, -0.05) is 5.16 Å². The maximum Gasteiger partial charge on any atom is 0.362 e. The second-order valence-electron chi connectivity index (χ2n) is 2.91. The summed E-state index contributed by atoms with van der Waals surface area (Å²) >= 11 is 0.840. The van der Waals surface area contributed by atoms with E-state index in [1.54, 1.807) is 0 Å². The average molecular weight is 273 g/mol.